The van der Waals surface area contributed by atoms with Crippen molar-refractivity contribution in [2.24, 2.45) is 0 Å². The minimum absolute atomic E-state index is 0.204. The molecule has 0 spiro atoms. The average Bonchev–Trinajstić information content (AvgIpc) is 2.57. The molecule has 0 aromatic heterocycles. The Morgan fingerprint density at radius 2 is 1.54 bits per heavy atom. The third kappa shape index (κ3) is 11.3. The average molecular weight is 362 g/mol. The minimum atomic E-state index is 0.204. The van der Waals surface area contributed by atoms with E-state index in [0.29, 0.717) is 6.42 Å². The van der Waals surface area contributed by atoms with E-state index in [9.17, 15) is 4.79 Å². The van der Waals surface area contributed by atoms with Crippen LogP contribution in [0.2, 0.25) is 0 Å². The topological polar surface area (TPSA) is 29.1 Å². The maximum absolute atomic E-state index is 12.2. The Morgan fingerprint density at radius 3 is 2.15 bits per heavy atom. The van der Waals surface area contributed by atoms with Crippen molar-refractivity contribution in [3.05, 3.63) is 35.9 Å². The summed E-state index contributed by atoms with van der Waals surface area (Å²) in [5, 5.41) is 3.19. The van der Waals surface area contributed by atoms with Crippen molar-refractivity contribution in [3.8, 4) is 0 Å². The molecular weight excluding hydrogens is 320 g/mol. The molecule has 0 saturated carbocycles. The molecule has 3 heteroatoms. The van der Waals surface area contributed by atoms with Gasteiger partial charge in [0.05, 0.1) is 26.7 Å². The summed E-state index contributed by atoms with van der Waals surface area (Å²) in [6.07, 6.45) is 10.9. The summed E-state index contributed by atoms with van der Waals surface area (Å²) in [7, 11) is 4.46. The maximum Gasteiger partial charge on any atom is 0.220 e. The van der Waals surface area contributed by atoms with Crippen LogP contribution < -0.4 is 5.32 Å². The maximum atomic E-state index is 12.2. The van der Waals surface area contributed by atoms with E-state index in [4.69, 9.17) is 0 Å². The highest BCUT2D eigenvalue weighted by Gasteiger charge is 2.20. The number of quaternary nitrogens is 1. The van der Waals surface area contributed by atoms with Crippen LogP contribution in [0.4, 0.5) is 0 Å². The van der Waals surface area contributed by atoms with Gasteiger partial charge in [-0.3, -0.25) is 4.79 Å². The molecule has 1 atom stereocenters. The first kappa shape index (κ1) is 22.7. The summed E-state index contributed by atoms with van der Waals surface area (Å²) >= 11 is 0. The summed E-state index contributed by atoms with van der Waals surface area (Å²) in [6.45, 7) is 6.30. The van der Waals surface area contributed by atoms with Crippen LogP contribution in [0.15, 0.2) is 30.3 Å². The van der Waals surface area contributed by atoms with Gasteiger partial charge in [0.2, 0.25) is 5.91 Å². The predicted molar refractivity (Wildman–Crippen MR) is 112 cm³/mol. The lowest BCUT2D eigenvalue weighted by Gasteiger charge is -2.32. The molecule has 1 unspecified atom stereocenters. The Balaban J connectivity index is 2.15. The van der Waals surface area contributed by atoms with Gasteiger partial charge in [-0.05, 0) is 13.3 Å². The van der Waals surface area contributed by atoms with Gasteiger partial charge in [0.1, 0.15) is 6.54 Å². The van der Waals surface area contributed by atoms with Gasteiger partial charge in [-0.25, -0.2) is 0 Å². The van der Waals surface area contributed by atoms with Crippen LogP contribution in [0.5, 0.6) is 0 Å². The SMILES string of the molecule is CCCCCCCCCCC(=O)NC(C)C[N+](C)(C)Cc1ccccc1. The van der Waals surface area contributed by atoms with Crippen molar-refractivity contribution in [1.82, 2.24) is 5.32 Å². The van der Waals surface area contributed by atoms with Crippen LogP contribution >= 0.6 is 0 Å². The van der Waals surface area contributed by atoms with Gasteiger partial charge < -0.3 is 9.80 Å². The predicted octanol–water partition coefficient (Wildman–Crippen LogP) is 5.30. The molecule has 1 aromatic rings. The molecule has 0 aliphatic heterocycles. The smallest absolute Gasteiger partial charge is 0.220 e. The Labute approximate surface area is 161 Å². The van der Waals surface area contributed by atoms with Gasteiger partial charge in [0.25, 0.3) is 0 Å². The zero-order valence-corrected chi connectivity index (χ0v) is 17.6. The lowest BCUT2D eigenvalue weighted by atomic mass is 10.1. The van der Waals surface area contributed by atoms with E-state index in [1.807, 2.05) is 0 Å². The van der Waals surface area contributed by atoms with Crippen molar-refractivity contribution >= 4 is 5.91 Å². The van der Waals surface area contributed by atoms with E-state index in [2.05, 4.69) is 63.6 Å². The first-order valence-electron chi connectivity index (χ1n) is 10.6. The van der Waals surface area contributed by atoms with Crippen molar-refractivity contribution in [1.29, 1.82) is 0 Å². The largest absolute Gasteiger partial charge is 0.348 e. The van der Waals surface area contributed by atoms with Gasteiger partial charge in [-0.2, -0.15) is 0 Å². The molecule has 0 aliphatic rings. The molecule has 1 aromatic carbocycles. The number of nitrogens with zero attached hydrogens (tertiary/aromatic N) is 1. The van der Waals surface area contributed by atoms with E-state index in [1.165, 1.54) is 50.5 Å². The molecule has 1 N–H and O–H groups in total. The zero-order chi connectivity index (χ0) is 19.3. The second-order valence-corrected chi connectivity index (χ2v) is 8.46. The first-order valence-corrected chi connectivity index (χ1v) is 10.6. The number of likely N-dealkylation sites (N-methyl/N-ethyl adjacent to an activating group) is 1. The molecule has 0 fully saturated rings. The zero-order valence-electron chi connectivity index (χ0n) is 17.6. The van der Waals surface area contributed by atoms with Crippen LogP contribution in [-0.4, -0.2) is 37.1 Å². The van der Waals surface area contributed by atoms with E-state index < -0.39 is 0 Å². The quantitative estimate of drug-likeness (QED) is 0.354. The lowest BCUT2D eigenvalue weighted by Crippen LogP contribution is -2.49. The fourth-order valence-corrected chi connectivity index (χ4v) is 3.70. The second kappa shape index (κ2) is 12.9. The summed E-state index contributed by atoms with van der Waals surface area (Å²) in [5.41, 5.74) is 1.34. The first-order chi connectivity index (χ1) is 12.4. The number of carbonyl (C=O) groups excluding carboxylic acids is 1. The normalized spacial score (nSPS) is 12.8. The molecule has 0 aliphatic carbocycles. The molecule has 148 valence electrons. The fourth-order valence-electron chi connectivity index (χ4n) is 3.70. The van der Waals surface area contributed by atoms with E-state index in [1.54, 1.807) is 0 Å². The van der Waals surface area contributed by atoms with Crippen molar-refractivity contribution < 1.29 is 9.28 Å². The van der Waals surface area contributed by atoms with Crippen molar-refractivity contribution in [2.75, 3.05) is 20.6 Å². The molecule has 1 amide bonds. The minimum Gasteiger partial charge on any atom is -0.348 e. The van der Waals surface area contributed by atoms with E-state index in [0.717, 1.165) is 24.0 Å². The van der Waals surface area contributed by atoms with Gasteiger partial charge in [0.15, 0.2) is 0 Å². The van der Waals surface area contributed by atoms with Gasteiger partial charge >= 0.3 is 0 Å². The molecule has 0 radical (unpaired) electrons. The second-order valence-electron chi connectivity index (χ2n) is 8.46. The van der Waals surface area contributed by atoms with Crippen LogP contribution in [0.3, 0.4) is 0 Å². The van der Waals surface area contributed by atoms with Crippen LogP contribution in [0, 0.1) is 0 Å². The fraction of sp³-hybridized carbons (Fsp3) is 0.696. The summed E-state index contributed by atoms with van der Waals surface area (Å²) in [4.78, 5) is 12.2. The number of hydrogen-bond donors (Lipinski definition) is 1. The molecular formula is C23H41N2O+. The monoisotopic (exact) mass is 361 g/mol. The number of carbonyl (C=O) groups is 1. The molecule has 3 nitrogen and oxygen atoms in total. The van der Waals surface area contributed by atoms with Crippen LogP contribution in [0.25, 0.3) is 0 Å². The Kier molecular flexibility index (Phi) is 11.3. The third-order valence-electron chi connectivity index (χ3n) is 4.89. The summed E-state index contributed by atoms with van der Waals surface area (Å²) in [5.74, 6) is 0.211. The summed E-state index contributed by atoms with van der Waals surface area (Å²) in [6, 6.07) is 10.8. The van der Waals surface area contributed by atoms with E-state index >= 15 is 0 Å². The van der Waals surface area contributed by atoms with E-state index in [-0.39, 0.29) is 11.9 Å². The Morgan fingerprint density at radius 1 is 0.962 bits per heavy atom. The third-order valence-corrected chi connectivity index (χ3v) is 4.89. The van der Waals surface area contributed by atoms with Gasteiger partial charge in [-0.15, -0.1) is 0 Å². The Bertz CT molecular complexity index is 484. The van der Waals surface area contributed by atoms with Gasteiger partial charge in [-0.1, -0.05) is 82.2 Å². The van der Waals surface area contributed by atoms with Gasteiger partial charge in [0, 0.05) is 12.0 Å². The number of hydrogen-bond acceptors (Lipinski definition) is 1. The number of amides is 1. The number of rotatable bonds is 14. The highest BCUT2D eigenvalue weighted by atomic mass is 16.1. The number of nitrogens with one attached hydrogen (secondary N) is 1. The number of benzene rings is 1. The standard InChI is InChI=1S/C23H40N2O/c1-5-6-7-8-9-10-11-15-18-23(26)24-21(2)19-25(3,4)20-22-16-13-12-14-17-22/h12-14,16-17,21H,5-11,15,18-20H2,1-4H3/p+1. The highest BCUT2D eigenvalue weighted by Crippen LogP contribution is 2.11. The lowest BCUT2D eigenvalue weighted by molar-refractivity contribution is -0.904. The van der Waals surface area contributed by atoms with Crippen LogP contribution in [-0.2, 0) is 11.3 Å². The van der Waals surface area contributed by atoms with Crippen molar-refractivity contribution in [3.63, 3.8) is 0 Å². The number of unbranched alkanes of at least 4 members (excludes halogenated alkanes) is 7. The highest BCUT2D eigenvalue weighted by molar-refractivity contribution is 5.76. The summed E-state index contributed by atoms with van der Waals surface area (Å²) < 4.78 is 0.878. The van der Waals surface area contributed by atoms with Crippen molar-refractivity contribution in [2.45, 2.75) is 84.2 Å². The molecule has 0 saturated heterocycles. The Hall–Kier alpha value is -1.35. The molecule has 0 bridgehead atoms. The van der Waals surface area contributed by atoms with Crippen LogP contribution in [0.1, 0.15) is 77.2 Å². The molecule has 0 heterocycles. The molecule has 26 heavy (non-hydrogen) atoms. The molecule has 1 rings (SSSR count).